The van der Waals surface area contributed by atoms with Crippen molar-refractivity contribution in [2.45, 2.75) is 12.6 Å². The Morgan fingerprint density at radius 3 is 2.46 bits per heavy atom. The molecule has 2 rings (SSSR count). The summed E-state index contributed by atoms with van der Waals surface area (Å²) in [6.45, 7) is 0.0207. The molecule has 126 valence electrons. The van der Waals surface area contributed by atoms with Gasteiger partial charge in [-0.1, -0.05) is 36.4 Å². The van der Waals surface area contributed by atoms with Crippen molar-refractivity contribution in [1.82, 2.24) is 5.32 Å². The van der Waals surface area contributed by atoms with Crippen LogP contribution in [0.15, 0.2) is 48.5 Å². The van der Waals surface area contributed by atoms with Crippen LogP contribution < -0.4 is 10.1 Å². The maximum Gasteiger partial charge on any atom is 0.408 e. The second-order valence-corrected chi connectivity index (χ2v) is 4.91. The molecular formula is C17H17NO6. The fourth-order valence-electron chi connectivity index (χ4n) is 2.06. The predicted octanol–water partition coefficient (Wildman–Crippen LogP) is 2.45. The number of hydrogen-bond acceptors (Lipinski definition) is 5. The zero-order chi connectivity index (χ0) is 17.5. The number of rotatable bonds is 6. The van der Waals surface area contributed by atoms with Crippen molar-refractivity contribution >= 4 is 12.1 Å². The zero-order valence-electron chi connectivity index (χ0n) is 12.9. The van der Waals surface area contributed by atoms with Gasteiger partial charge in [-0.25, -0.2) is 9.59 Å². The van der Waals surface area contributed by atoms with Crippen molar-refractivity contribution in [2.24, 2.45) is 0 Å². The number of phenols is 1. The fraction of sp³-hybridized carbons (Fsp3) is 0.176. The normalized spacial score (nSPS) is 11.4. The zero-order valence-corrected chi connectivity index (χ0v) is 12.9. The van der Waals surface area contributed by atoms with Gasteiger partial charge in [0, 0.05) is 0 Å². The minimum atomic E-state index is -1.36. The topological polar surface area (TPSA) is 105 Å². The lowest BCUT2D eigenvalue weighted by atomic mass is 10.1. The van der Waals surface area contributed by atoms with E-state index in [4.69, 9.17) is 9.47 Å². The number of benzene rings is 2. The highest BCUT2D eigenvalue weighted by molar-refractivity contribution is 5.81. The minimum absolute atomic E-state index is 0.0207. The van der Waals surface area contributed by atoms with E-state index >= 15 is 0 Å². The van der Waals surface area contributed by atoms with Gasteiger partial charge in [0.2, 0.25) is 0 Å². The second-order valence-electron chi connectivity index (χ2n) is 4.91. The number of ether oxygens (including phenoxy) is 2. The van der Waals surface area contributed by atoms with Crippen LogP contribution in [0.4, 0.5) is 4.79 Å². The van der Waals surface area contributed by atoms with Gasteiger partial charge in [0.15, 0.2) is 17.5 Å². The first-order valence-corrected chi connectivity index (χ1v) is 7.08. The first-order chi connectivity index (χ1) is 11.5. The number of phenolic OH excluding ortho intramolecular Hbond substituents is 1. The molecule has 7 nitrogen and oxygen atoms in total. The van der Waals surface area contributed by atoms with Gasteiger partial charge in [-0.2, -0.15) is 0 Å². The molecular weight excluding hydrogens is 314 g/mol. The van der Waals surface area contributed by atoms with Gasteiger partial charge in [-0.05, 0) is 23.3 Å². The van der Waals surface area contributed by atoms with Crippen LogP contribution in [-0.4, -0.2) is 29.4 Å². The van der Waals surface area contributed by atoms with Crippen LogP contribution in [0.1, 0.15) is 17.2 Å². The molecule has 1 amide bonds. The number of carboxylic acid groups (broad SMARTS) is 1. The number of aliphatic carboxylic acids is 1. The van der Waals surface area contributed by atoms with Gasteiger partial charge in [0.25, 0.3) is 0 Å². The largest absolute Gasteiger partial charge is 0.504 e. The molecule has 0 saturated heterocycles. The quantitative estimate of drug-likeness (QED) is 0.751. The number of alkyl carbamates (subject to hydrolysis) is 1. The molecule has 24 heavy (non-hydrogen) atoms. The van der Waals surface area contributed by atoms with E-state index in [1.165, 1.54) is 25.3 Å². The highest BCUT2D eigenvalue weighted by Crippen LogP contribution is 2.29. The van der Waals surface area contributed by atoms with Crippen molar-refractivity contribution in [2.75, 3.05) is 7.11 Å². The number of carbonyl (C=O) groups excluding carboxylic acids is 1. The number of amides is 1. The molecule has 0 heterocycles. The average molecular weight is 331 g/mol. The van der Waals surface area contributed by atoms with Crippen LogP contribution >= 0.6 is 0 Å². The Labute approximate surface area is 138 Å². The number of nitrogens with one attached hydrogen (secondary N) is 1. The molecule has 0 fully saturated rings. The smallest absolute Gasteiger partial charge is 0.408 e. The van der Waals surface area contributed by atoms with E-state index in [2.05, 4.69) is 5.32 Å². The average Bonchev–Trinajstić information content (AvgIpc) is 2.58. The Bertz CT molecular complexity index is 716. The van der Waals surface area contributed by atoms with Gasteiger partial charge in [0.05, 0.1) is 7.11 Å². The highest BCUT2D eigenvalue weighted by Gasteiger charge is 2.24. The molecule has 2 aromatic carbocycles. The summed E-state index contributed by atoms with van der Waals surface area (Å²) in [7, 11) is 1.38. The maximum atomic E-state index is 11.8. The van der Waals surface area contributed by atoms with Gasteiger partial charge in [-0.15, -0.1) is 0 Å². The number of carbonyl (C=O) groups is 2. The molecule has 1 unspecified atom stereocenters. The molecule has 0 aromatic heterocycles. The van der Waals surface area contributed by atoms with E-state index < -0.39 is 18.1 Å². The SMILES string of the molecule is COc1ccc(C(NC(=O)OCc2ccccc2)C(=O)O)cc1O. The summed E-state index contributed by atoms with van der Waals surface area (Å²) in [5, 5.41) is 21.3. The summed E-state index contributed by atoms with van der Waals surface area (Å²) in [4.78, 5) is 23.2. The lowest BCUT2D eigenvalue weighted by Gasteiger charge is -2.16. The number of hydrogen-bond donors (Lipinski definition) is 3. The van der Waals surface area contributed by atoms with Crippen molar-refractivity contribution < 1.29 is 29.3 Å². The van der Waals surface area contributed by atoms with Crippen molar-refractivity contribution in [3.05, 3.63) is 59.7 Å². The van der Waals surface area contributed by atoms with Crippen LogP contribution in [0.25, 0.3) is 0 Å². The summed E-state index contributed by atoms with van der Waals surface area (Å²) in [5.74, 6) is -1.30. The molecule has 7 heteroatoms. The summed E-state index contributed by atoms with van der Waals surface area (Å²) < 4.78 is 9.90. The third kappa shape index (κ3) is 4.39. The highest BCUT2D eigenvalue weighted by atomic mass is 16.5. The van der Waals surface area contributed by atoms with E-state index in [1.54, 1.807) is 24.3 Å². The Kier molecular flexibility index (Phi) is 5.62. The third-order valence-electron chi connectivity index (χ3n) is 3.26. The van der Waals surface area contributed by atoms with E-state index in [-0.39, 0.29) is 23.7 Å². The van der Waals surface area contributed by atoms with Crippen LogP contribution in [0.5, 0.6) is 11.5 Å². The molecule has 0 spiro atoms. The summed E-state index contributed by atoms with van der Waals surface area (Å²) in [5.41, 5.74) is 0.971. The van der Waals surface area contributed by atoms with Gasteiger partial charge in [-0.3, -0.25) is 0 Å². The molecule has 0 aliphatic carbocycles. The Hall–Kier alpha value is -3.22. The monoisotopic (exact) mass is 331 g/mol. The summed E-state index contributed by atoms with van der Waals surface area (Å²) in [6, 6.07) is 11.7. The van der Waals surface area contributed by atoms with Crippen LogP contribution in [0.3, 0.4) is 0 Å². The molecule has 0 radical (unpaired) electrons. The third-order valence-corrected chi connectivity index (χ3v) is 3.26. The van der Waals surface area contributed by atoms with Gasteiger partial charge in [0.1, 0.15) is 6.61 Å². The lowest BCUT2D eigenvalue weighted by molar-refractivity contribution is -0.139. The Balaban J connectivity index is 2.04. The number of carboxylic acids is 1. The van der Waals surface area contributed by atoms with Crippen molar-refractivity contribution in [1.29, 1.82) is 0 Å². The van der Waals surface area contributed by atoms with Crippen molar-refractivity contribution in [3.63, 3.8) is 0 Å². The molecule has 0 bridgehead atoms. The molecule has 3 N–H and O–H groups in total. The fourth-order valence-corrected chi connectivity index (χ4v) is 2.06. The summed E-state index contributed by atoms with van der Waals surface area (Å²) in [6.07, 6.45) is -0.874. The Morgan fingerprint density at radius 1 is 1.17 bits per heavy atom. The van der Waals surface area contributed by atoms with E-state index in [0.29, 0.717) is 0 Å². The number of methoxy groups -OCH3 is 1. The molecule has 0 saturated carbocycles. The predicted molar refractivity (Wildman–Crippen MR) is 84.8 cm³/mol. The van der Waals surface area contributed by atoms with Crippen molar-refractivity contribution in [3.8, 4) is 11.5 Å². The van der Waals surface area contributed by atoms with E-state index in [9.17, 15) is 19.8 Å². The maximum absolute atomic E-state index is 11.8. The lowest BCUT2D eigenvalue weighted by Crippen LogP contribution is -2.34. The molecule has 0 aliphatic rings. The van der Waals surface area contributed by atoms with Crippen LogP contribution in [-0.2, 0) is 16.1 Å². The van der Waals surface area contributed by atoms with Gasteiger partial charge >= 0.3 is 12.1 Å². The summed E-state index contributed by atoms with van der Waals surface area (Å²) >= 11 is 0. The minimum Gasteiger partial charge on any atom is -0.504 e. The number of aromatic hydroxyl groups is 1. The second kappa shape index (κ2) is 7.87. The van der Waals surface area contributed by atoms with Gasteiger partial charge < -0.3 is 25.0 Å². The first-order valence-electron chi connectivity index (χ1n) is 7.08. The van der Waals surface area contributed by atoms with Crippen LogP contribution in [0.2, 0.25) is 0 Å². The van der Waals surface area contributed by atoms with E-state index in [0.717, 1.165) is 5.56 Å². The van der Waals surface area contributed by atoms with E-state index in [1.807, 2.05) is 6.07 Å². The van der Waals surface area contributed by atoms with Crippen LogP contribution in [0, 0.1) is 0 Å². The molecule has 0 aliphatic heterocycles. The molecule has 2 aromatic rings. The first kappa shape index (κ1) is 17.1. The molecule has 1 atom stereocenters. The Morgan fingerprint density at radius 2 is 1.88 bits per heavy atom. The standard InChI is InChI=1S/C17H17NO6/c1-23-14-8-7-12(9-13(14)19)15(16(20)21)18-17(22)24-10-11-5-3-2-4-6-11/h2-9,15,19H,10H2,1H3,(H,18,22)(H,20,21).